The van der Waals surface area contributed by atoms with Crippen LogP contribution in [0.25, 0.3) is 0 Å². The van der Waals surface area contributed by atoms with Crippen LogP contribution >= 0.6 is 0 Å². The minimum Gasteiger partial charge on any atom is -0.322 e. The summed E-state index contributed by atoms with van der Waals surface area (Å²) in [4.78, 5) is 15.2. The van der Waals surface area contributed by atoms with Crippen molar-refractivity contribution in [3.05, 3.63) is 89.5 Å². The summed E-state index contributed by atoms with van der Waals surface area (Å²) in [6, 6.07) is 20.9. The Kier molecular flexibility index (Phi) is 7.11. The highest BCUT2D eigenvalue weighted by atomic mass is 32.2. The van der Waals surface area contributed by atoms with Gasteiger partial charge < -0.3 is 5.32 Å². The Labute approximate surface area is 195 Å². The zero-order chi connectivity index (χ0) is 23.3. The first-order valence-corrected chi connectivity index (χ1v) is 12.7. The molecule has 0 radical (unpaired) electrons. The summed E-state index contributed by atoms with van der Waals surface area (Å²) in [5.41, 5.74) is 3.85. The smallest absolute Gasteiger partial charge is 0.261 e. The highest BCUT2D eigenvalue weighted by Crippen LogP contribution is 2.20. The van der Waals surface area contributed by atoms with Crippen molar-refractivity contribution in [1.29, 1.82) is 0 Å². The molecule has 4 rings (SSSR count). The number of hydrogen-bond acceptors (Lipinski definition) is 4. The second-order valence-electron chi connectivity index (χ2n) is 8.48. The molecular formula is C26H29N3O3S. The van der Waals surface area contributed by atoms with Crippen molar-refractivity contribution < 1.29 is 13.2 Å². The van der Waals surface area contributed by atoms with E-state index in [2.05, 4.69) is 14.9 Å². The standard InChI is InChI=1S/C26H29N3O3S/c1-20-5-11-24(12-6-20)28-33(31,32)25-15-13-23(14-16-25)27-26(30)22-9-7-21(8-10-22)19-29-17-3-2-4-18-29/h5-16,28H,2-4,17-19H2,1H3,(H,27,30). The number of amides is 1. The average molecular weight is 464 g/mol. The number of nitrogens with one attached hydrogen (secondary N) is 2. The largest absolute Gasteiger partial charge is 0.322 e. The fourth-order valence-corrected chi connectivity index (χ4v) is 4.95. The summed E-state index contributed by atoms with van der Waals surface area (Å²) >= 11 is 0. The number of benzene rings is 3. The third-order valence-corrected chi connectivity index (χ3v) is 7.19. The van der Waals surface area contributed by atoms with Gasteiger partial charge in [0.15, 0.2) is 0 Å². The SMILES string of the molecule is Cc1ccc(NS(=O)(=O)c2ccc(NC(=O)c3ccc(CN4CCCCC4)cc3)cc2)cc1. The van der Waals surface area contributed by atoms with E-state index in [0.29, 0.717) is 16.9 Å². The molecular weight excluding hydrogens is 434 g/mol. The number of carbonyl (C=O) groups is 1. The predicted octanol–water partition coefficient (Wildman–Crippen LogP) is 5.03. The number of aryl methyl sites for hydroxylation is 1. The Morgan fingerprint density at radius 1 is 0.818 bits per heavy atom. The van der Waals surface area contributed by atoms with Crippen LogP contribution in [0.1, 0.15) is 40.7 Å². The lowest BCUT2D eigenvalue weighted by atomic mass is 10.1. The van der Waals surface area contributed by atoms with E-state index in [0.717, 1.165) is 25.2 Å². The fraction of sp³-hybridized carbons (Fsp3) is 0.269. The first kappa shape index (κ1) is 23.0. The number of nitrogens with zero attached hydrogens (tertiary/aromatic N) is 1. The van der Waals surface area contributed by atoms with E-state index in [1.807, 2.05) is 43.3 Å². The van der Waals surface area contributed by atoms with E-state index in [-0.39, 0.29) is 10.8 Å². The monoisotopic (exact) mass is 463 g/mol. The average Bonchev–Trinajstić information content (AvgIpc) is 2.82. The molecule has 7 heteroatoms. The maximum atomic E-state index is 12.6. The fourth-order valence-electron chi connectivity index (χ4n) is 3.89. The van der Waals surface area contributed by atoms with Gasteiger partial charge in [-0.25, -0.2) is 8.42 Å². The van der Waals surface area contributed by atoms with Gasteiger partial charge in [-0.05, 0) is 86.9 Å². The molecule has 3 aromatic rings. The van der Waals surface area contributed by atoms with Crippen molar-refractivity contribution >= 4 is 27.3 Å². The van der Waals surface area contributed by atoms with E-state index < -0.39 is 10.0 Å². The van der Waals surface area contributed by atoms with Crippen molar-refractivity contribution in [2.24, 2.45) is 0 Å². The predicted molar refractivity (Wildman–Crippen MR) is 132 cm³/mol. The Bertz CT molecular complexity index is 1180. The molecule has 6 nitrogen and oxygen atoms in total. The van der Waals surface area contributed by atoms with Crippen LogP contribution in [0.4, 0.5) is 11.4 Å². The number of anilines is 2. The Hall–Kier alpha value is -3.16. The molecule has 0 atom stereocenters. The number of carbonyl (C=O) groups excluding carboxylic acids is 1. The molecule has 0 aliphatic carbocycles. The molecule has 1 aliphatic heterocycles. The molecule has 1 heterocycles. The summed E-state index contributed by atoms with van der Waals surface area (Å²) in [7, 11) is -3.71. The molecule has 172 valence electrons. The lowest BCUT2D eigenvalue weighted by Crippen LogP contribution is -2.29. The zero-order valence-electron chi connectivity index (χ0n) is 18.8. The quantitative estimate of drug-likeness (QED) is 0.515. The molecule has 33 heavy (non-hydrogen) atoms. The van der Waals surface area contributed by atoms with Gasteiger partial charge in [0.25, 0.3) is 15.9 Å². The van der Waals surface area contributed by atoms with E-state index in [1.165, 1.54) is 37.0 Å². The summed E-state index contributed by atoms with van der Waals surface area (Å²) in [5.74, 6) is -0.229. The van der Waals surface area contributed by atoms with E-state index >= 15 is 0 Å². The first-order valence-electron chi connectivity index (χ1n) is 11.2. The Balaban J connectivity index is 1.36. The number of rotatable bonds is 7. The van der Waals surface area contributed by atoms with Gasteiger partial charge in [-0.2, -0.15) is 0 Å². The van der Waals surface area contributed by atoms with E-state index in [9.17, 15) is 13.2 Å². The lowest BCUT2D eigenvalue weighted by molar-refractivity contribution is 0.102. The van der Waals surface area contributed by atoms with Crippen LogP contribution in [-0.2, 0) is 16.6 Å². The van der Waals surface area contributed by atoms with Gasteiger partial charge in [0.2, 0.25) is 0 Å². The second-order valence-corrected chi connectivity index (χ2v) is 10.2. The first-order chi connectivity index (χ1) is 15.9. The summed E-state index contributed by atoms with van der Waals surface area (Å²) in [6.45, 7) is 5.12. The van der Waals surface area contributed by atoms with Crippen LogP contribution < -0.4 is 10.0 Å². The molecule has 1 saturated heterocycles. The maximum absolute atomic E-state index is 12.6. The number of hydrogen-bond donors (Lipinski definition) is 2. The molecule has 1 aliphatic rings. The van der Waals surface area contributed by atoms with Crippen LogP contribution in [-0.4, -0.2) is 32.3 Å². The highest BCUT2D eigenvalue weighted by molar-refractivity contribution is 7.92. The van der Waals surface area contributed by atoms with Crippen LogP contribution in [0.3, 0.4) is 0 Å². The minimum atomic E-state index is -3.71. The molecule has 1 fully saturated rings. The number of likely N-dealkylation sites (tertiary alicyclic amines) is 1. The third kappa shape index (κ3) is 6.21. The second kappa shape index (κ2) is 10.2. The number of piperidine rings is 1. The highest BCUT2D eigenvalue weighted by Gasteiger charge is 2.15. The molecule has 0 aromatic heterocycles. The molecule has 2 N–H and O–H groups in total. The molecule has 0 bridgehead atoms. The van der Waals surface area contributed by atoms with Crippen LogP contribution in [0, 0.1) is 6.92 Å². The zero-order valence-corrected chi connectivity index (χ0v) is 19.6. The van der Waals surface area contributed by atoms with Gasteiger partial charge in [-0.15, -0.1) is 0 Å². The summed E-state index contributed by atoms with van der Waals surface area (Å²) < 4.78 is 27.8. The molecule has 3 aromatic carbocycles. The third-order valence-electron chi connectivity index (χ3n) is 5.80. The minimum absolute atomic E-state index is 0.128. The molecule has 0 unspecified atom stereocenters. The Morgan fingerprint density at radius 2 is 1.42 bits per heavy atom. The normalized spacial score (nSPS) is 14.6. The molecule has 0 saturated carbocycles. The molecule has 0 spiro atoms. The lowest BCUT2D eigenvalue weighted by Gasteiger charge is -2.26. The van der Waals surface area contributed by atoms with E-state index in [4.69, 9.17) is 0 Å². The van der Waals surface area contributed by atoms with Gasteiger partial charge in [0, 0.05) is 23.5 Å². The van der Waals surface area contributed by atoms with Crippen LogP contribution in [0.15, 0.2) is 77.7 Å². The Morgan fingerprint density at radius 3 is 2.06 bits per heavy atom. The van der Waals surface area contributed by atoms with Gasteiger partial charge in [0.05, 0.1) is 4.90 Å². The van der Waals surface area contributed by atoms with Crippen LogP contribution in [0.5, 0.6) is 0 Å². The number of sulfonamides is 1. The van der Waals surface area contributed by atoms with Gasteiger partial charge in [-0.3, -0.25) is 14.4 Å². The maximum Gasteiger partial charge on any atom is 0.261 e. The van der Waals surface area contributed by atoms with Crippen LogP contribution in [0.2, 0.25) is 0 Å². The van der Waals surface area contributed by atoms with Crippen molar-refractivity contribution in [1.82, 2.24) is 4.90 Å². The van der Waals surface area contributed by atoms with Crippen molar-refractivity contribution in [3.8, 4) is 0 Å². The van der Waals surface area contributed by atoms with Crippen molar-refractivity contribution in [2.75, 3.05) is 23.1 Å². The molecule has 1 amide bonds. The van der Waals surface area contributed by atoms with Crippen molar-refractivity contribution in [3.63, 3.8) is 0 Å². The topological polar surface area (TPSA) is 78.5 Å². The summed E-state index contributed by atoms with van der Waals surface area (Å²) in [6.07, 6.45) is 3.82. The van der Waals surface area contributed by atoms with Gasteiger partial charge in [-0.1, -0.05) is 36.2 Å². The summed E-state index contributed by atoms with van der Waals surface area (Å²) in [5, 5.41) is 2.83. The van der Waals surface area contributed by atoms with E-state index in [1.54, 1.807) is 24.3 Å². The van der Waals surface area contributed by atoms with Gasteiger partial charge >= 0.3 is 0 Å². The van der Waals surface area contributed by atoms with Gasteiger partial charge in [0.1, 0.15) is 0 Å². The van der Waals surface area contributed by atoms with Crippen molar-refractivity contribution in [2.45, 2.75) is 37.6 Å².